The minimum Gasteiger partial charge on any atom is -0.460 e. The smallest absolute Gasteiger partial charge is 0.330 e. The number of rotatable bonds is 3. The number of epoxide rings is 1. The van der Waals surface area contributed by atoms with Gasteiger partial charge in [0, 0.05) is 12.2 Å². The van der Waals surface area contributed by atoms with Gasteiger partial charge in [-0.3, -0.25) is 0 Å². The van der Waals surface area contributed by atoms with Crippen molar-refractivity contribution in [3.8, 4) is 6.07 Å². The van der Waals surface area contributed by atoms with Crippen LogP contribution < -0.4 is 0 Å². The standard InChI is InChI=1S/C6H8O3.C3H3N/c1-2-6(7)9-4-5-3-8-5;1-2-3-4/h2,5H,1,3-4H2;2H,1H2. The van der Waals surface area contributed by atoms with Gasteiger partial charge in [-0.1, -0.05) is 13.2 Å². The summed E-state index contributed by atoms with van der Waals surface area (Å²) in [4.78, 5) is 10.3. The number of carbonyl (C=O) groups excluding carboxylic acids is 1. The lowest BCUT2D eigenvalue weighted by atomic mass is 10.5. The summed E-state index contributed by atoms with van der Waals surface area (Å²) in [7, 11) is 0. The second kappa shape index (κ2) is 7.07. The zero-order valence-electron chi connectivity index (χ0n) is 7.23. The van der Waals surface area contributed by atoms with Gasteiger partial charge < -0.3 is 9.47 Å². The molecule has 0 aromatic carbocycles. The molecular formula is C9H11NO3. The maximum absolute atomic E-state index is 10.3. The van der Waals surface area contributed by atoms with Gasteiger partial charge in [0.2, 0.25) is 0 Å². The van der Waals surface area contributed by atoms with E-state index in [4.69, 9.17) is 10.00 Å². The van der Waals surface area contributed by atoms with E-state index >= 15 is 0 Å². The molecule has 1 fully saturated rings. The molecule has 4 heteroatoms. The number of nitriles is 1. The van der Waals surface area contributed by atoms with Crippen LogP contribution in [0.1, 0.15) is 0 Å². The van der Waals surface area contributed by atoms with E-state index in [0.29, 0.717) is 13.2 Å². The Kier molecular flexibility index (Phi) is 6.20. The van der Waals surface area contributed by atoms with Crippen molar-refractivity contribution in [3.63, 3.8) is 0 Å². The van der Waals surface area contributed by atoms with E-state index in [2.05, 4.69) is 17.9 Å². The van der Waals surface area contributed by atoms with Gasteiger partial charge in [-0.2, -0.15) is 5.26 Å². The SMILES string of the molecule is C=CC#N.C=CC(=O)OCC1CO1. The fraction of sp³-hybridized carbons (Fsp3) is 0.333. The summed E-state index contributed by atoms with van der Waals surface area (Å²) in [6.07, 6.45) is 2.47. The van der Waals surface area contributed by atoms with Gasteiger partial charge in [0.25, 0.3) is 0 Å². The first-order valence-electron chi connectivity index (χ1n) is 3.66. The third-order valence-corrected chi connectivity index (χ3v) is 1.07. The molecule has 1 atom stereocenters. The van der Waals surface area contributed by atoms with Crippen molar-refractivity contribution in [1.29, 1.82) is 5.26 Å². The molecule has 1 rings (SSSR count). The predicted octanol–water partition coefficient (Wildman–Crippen LogP) is 0.810. The Morgan fingerprint density at radius 1 is 1.77 bits per heavy atom. The molecule has 0 spiro atoms. The first-order valence-corrected chi connectivity index (χ1v) is 3.66. The highest BCUT2D eigenvalue weighted by atomic mass is 16.6. The van der Waals surface area contributed by atoms with Crippen LogP contribution in [-0.4, -0.2) is 25.3 Å². The second-order valence-electron chi connectivity index (χ2n) is 2.12. The van der Waals surface area contributed by atoms with Crippen LogP contribution in [0.4, 0.5) is 0 Å². The first kappa shape index (κ1) is 11.4. The number of hydrogen-bond donors (Lipinski definition) is 0. The molecule has 1 saturated heterocycles. The monoisotopic (exact) mass is 181 g/mol. The summed E-state index contributed by atoms with van der Waals surface area (Å²) in [5.41, 5.74) is 0. The zero-order valence-corrected chi connectivity index (χ0v) is 7.23. The van der Waals surface area contributed by atoms with Gasteiger partial charge in [0.05, 0.1) is 12.7 Å². The highest BCUT2D eigenvalue weighted by Crippen LogP contribution is 2.08. The molecule has 0 saturated carbocycles. The molecule has 1 aliphatic rings. The molecule has 0 bridgehead atoms. The Labute approximate surface area is 77.1 Å². The average Bonchev–Trinajstić information content (AvgIpc) is 2.98. The Morgan fingerprint density at radius 2 is 2.31 bits per heavy atom. The minimum atomic E-state index is -0.384. The average molecular weight is 181 g/mol. The molecular weight excluding hydrogens is 170 g/mol. The topological polar surface area (TPSA) is 62.6 Å². The van der Waals surface area contributed by atoms with Gasteiger partial charge in [-0.15, -0.1) is 0 Å². The van der Waals surface area contributed by atoms with Gasteiger partial charge >= 0.3 is 5.97 Å². The normalized spacial score (nSPS) is 17.0. The lowest BCUT2D eigenvalue weighted by Crippen LogP contribution is -2.06. The van der Waals surface area contributed by atoms with Gasteiger partial charge in [-0.05, 0) is 0 Å². The summed E-state index contributed by atoms with van der Waals surface area (Å²) in [6.45, 7) is 7.44. The molecule has 0 radical (unpaired) electrons. The van der Waals surface area contributed by atoms with Gasteiger partial charge in [0.15, 0.2) is 0 Å². The van der Waals surface area contributed by atoms with Crippen LogP contribution in [0, 0.1) is 11.3 Å². The molecule has 70 valence electrons. The minimum absolute atomic E-state index is 0.147. The lowest BCUT2D eigenvalue weighted by Gasteiger charge is -1.94. The van der Waals surface area contributed by atoms with Crippen LogP contribution >= 0.6 is 0 Å². The van der Waals surface area contributed by atoms with Crippen molar-refractivity contribution in [3.05, 3.63) is 25.3 Å². The maximum Gasteiger partial charge on any atom is 0.330 e. The highest BCUT2D eigenvalue weighted by molar-refractivity contribution is 5.81. The van der Waals surface area contributed by atoms with Gasteiger partial charge in [0.1, 0.15) is 12.7 Å². The van der Waals surface area contributed by atoms with Crippen molar-refractivity contribution in [2.24, 2.45) is 0 Å². The van der Waals surface area contributed by atoms with E-state index in [9.17, 15) is 4.79 Å². The molecule has 1 aliphatic heterocycles. The molecule has 0 amide bonds. The summed E-state index contributed by atoms with van der Waals surface area (Å²) in [5, 5.41) is 7.51. The van der Waals surface area contributed by atoms with E-state index in [0.717, 1.165) is 6.08 Å². The Hall–Kier alpha value is -1.60. The van der Waals surface area contributed by atoms with Crippen molar-refractivity contribution in [1.82, 2.24) is 0 Å². The van der Waals surface area contributed by atoms with Gasteiger partial charge in [-0.25, -0.2) is 4.79 Å². The summed E-state index contributed by atoms with van der Waals surface area (Å²) < 4.78 is 9.42. The second-order valence-corrected chi connectivity index (χ2v) is 2.12. The third-order valence-electron chi connectivity index (χ3n) is 1.07. The van der Waals surface area contributed by atoms with Crippen molar-refractivity contribution < 1.29 is 14.3 Å². The molecule has 0 aliphatic carbocycles. The first-order chi connectivity index (χ1) is 6.24. The fourth-order valence-electron chi connectivity index (χ4n) is 0.398. The van der Waals surface area contributed by atoms with Crippen molar-refractivity contribution in [2.75, 3.05) is 13.2 Å². The predicted molar refractivity (Wildman–Crippen MR) is 46.7 cm³/mol. The lowest BCUT2D eigenvalue weighted by molar-refractivity contribution is -0.138. The van der Waals surface area contributed by atoms with Crippen LogP contribution in [0.15, 0.2) is 25.3 Å². The van der Waals surface area contributed by atoms with E-state index in [1.54, 1.807) is 6.07 Å². The van der Waals surface area contributed by atoms with E-state index < -0.39 is 0 Å². The molecule has 4 nitrogen and oxygen atoms in total. The van der Waals surface area contributed by atoms with E-state index in [1.807, 2.05) is 0 Å². The Balaban J connectivity index is 0.000000310. The number of allylic oxidation sites excluding steroid dienone is 1. The number of esters is 1. The molecule has 0 N–H and O–H groups in total. The van der Waals surface area contributed by atoms with Crippen LogP contribution in [-0.2, 0) is 14.3 Å². The van der Waals surface area contributed by atoms with E-state index in [1.165, 1.54) is 6.08 Å². The summed E-state index contributed by atoms with van der Waals surface area (Å²) in [6, 6.07) is 1.69. The fourth-order valence-corrected chi connectivity index (χ4v) is 0.398. The number of nitrogens with zero attached hydrogens (tertiary/aromatic N) is 1. The largest absolute Gasteiger partial charge is 0.460 e. The molecule has 0 aromatic heterocycles. The number of carbonyl (C=O) groups is 1. The number of ether oxygens (including phenoxy) is 2. The number of hydrogen-bond acceptors (Lipinski definition) is 4. The van der Waals surface area contributed by atoms with Crippen LogP contribution in [0.3, 0.4) is 0 Å². The van der Waals surface area contributed by atoms with Crippen molar-refractivity contribution >= 4 is 5.97 Å². The highest BCUT2D eigenvalue weighted by Gasteiger charge is 2.23. The molecule has 13 heavy (non-hydrogen) atoms. The molecule has 1 unspecified atom stereocenters. The summed E-state index contributed by atoms with van der Waals surface area (Å²) in [5.74, 6) is -0.384. The third kappa shape index (κ3) is 8.30. The molecule has 0 aromatic rings. The quantitative estimate of drug-likeness (QED) is 0.280. The maximum atomic E-state index is 10.3. The zero-order chi connectivity index (χ0) is 10.1. The Bertz CT molecular complexity index is 226. The van der Waals surface area contributed by atoms with E-state index in [-0.39, 0.29) is 12.1 Å². The summed E-state index contributed by atoms with van der Waals surface area (Å²) >= 11 is 0. The van der Waals surface area contributed by atoms with Crippen molar-refractivity contribution in [2.45, 2.75) is 6.10 Å². The van der Waals surface area contributed by atoms with Crippen LogP contribution in [0.2, 0.25) is 0 Å². The molecule has 1 heterocycles. The van der Waals surface area contributed by atoms with Crippen LogP contribution in [0.5, 0.6) is 0 Å². The Morgan fingerprint density at radius 3 is 2.62 bits per heavy atom. The van der Waals surface area contributed by atoms with Crippen LogP contribution in [0.25, 0.3) is 0 Å².